The highest BCUT2D eigenvalue weighted by Crippen LogP contribution is 2.12. The van der Waals surface area contributed by atoms with Gasteiger partial charge in [-0.2, -0.15) is 11.8 Å². The van der Waals surface area contributed by atoms with E-state index >= 15 is 0 Å². The van der Waals surface area contributed by atoms with Crippen molar-refractivity contribution in [3.05, 3.63) is 30.1 Å². The molecule has 1 atom stereocenters. The molecular weight excluding hydrogens is 419 g/mol. The Kier molecular flexibility index (Phi) is 8.72. The van der Waals surface area contributed by atoms with E-state index < -0.39 is 16.1 Å². The molecule has 1 fully saturated rings. The van der Waals surface area contributed by atoms with E-state index in [1.165, 1.54) is 31.2 Å². The fourth-order valence-electron chi connectivity index (χ4n) is 2.85. The number of hydrogen-bond acceptors (Lipinski definition) is 5. The van der Waals surface area contributed by atoms with Crippen LogP contribution in [0, 0.1) is 5.82 Å². The lowest BCUT2D eigenvalue weighted by Gasteiger charge is -2.36. The Labute approximate surface area is 175 Å². The predicted octanol–water partition coefficient (Wildman–Crippen LogP) is 1.56. The molecule has 2 rings (SSSR count). The van der Waals surface area contributed by atoms with Crippen LogP contribution in [0.15, 0.2) is 24.3 Å². The molecule has 1 aliphatic heterocycles. The SMILES string of the molecule is CCS(=O)(=O)NC(CCSC)C(=O)N1CCN(C(=O)Nc2ccc(F)cc2)CC1. The molecule has 29 heavy (non-hydrogen) atoms. The van der Waals surface area contributed by atoms with E-state index in [2.05, 4.69) is 10.0 Å². The molecule has 0 aromatic heterocycles. The quantitative estimate of drug-likeness (QED) is 0.632. The number of anilines is 1. The summed E-state index contributed by atoms with van der Waals surface area (Å²) in [6.45, 7) is 2.82. The molecule has 2 N–H and O–H groups in total. The first kappa shape index (κ1) is 23.4. The molecule has 0 aliphatic carbocycles. The number of rotatable bonds is 8. The molecule has 0 saturated carbocycles. The van der Waals surface area contributed by atoms with E-state index in [4.69, 9.17) is 0 Å². The highest BCUT2D eigenvalue weighted by molar-refractivity contribution is 7.98. The maximum atomic E-state index is 13.0. The predicted molar refractivity (Wildman–Crippen MR) is 113 cm³/mol. The molecule has 1 aromatic rings. The number of thioether (sulfide) groups is 1. The van der Waals surface area contributed by atoms with Crippen molar-refractivity contribution >= 4 is 39.4 Å². The number of benzene rings is 1. The van der Waals surface area contributed by atoms with Crippen molar-refractivity contribution in [1.82, 2.24) is 14.5 Å². The number of nitrogens with one attached hydrogen (secondary N) is 2. The summed E-state index contributed by atoms with van der Waals surface area (Å²) in [7, 11) is -3.50. The van der Waals surface area contributed by atoms with Gasteiger partial charge in [-0.25, -0.2) is 22.3 Å². The van der Waals surface area contributed by atoms with Gasteiger partial charge in [-0.3, -0.25) is 4.79 Å². The first-order chi connectivity index (χ1) is 13.8. The minimum Gasteiger partial charge on any atom is -0.338 e. The van der Waals surface area contributed by atoms with Crippen LogP contribution < -0.4 is 10.0 Å². The van der Waals surface area contributed by atoms with E-state index in [9.17, 15) is 22.4 Å². The van der Waals surface area contributed by atoms with Crippen LogP contribution in [0.4, 0.5) is 14.9 Å². The van der Waals surface area contributed by atoms with E-state index in [1.54, 1.807) is 21.6 Å². The number of carbonyl (C=O) groups excluding carboxylic acids is 2. The van der Waals surface area contributed by atoms with Crippen LogP contribution in [0.5, 0.6) is 0 Å². The maximum absolute atomic E-state index is 13.0. The molecule has 0 spiro atoms. The zero-order chi connectivity index (χ0) is 21.4. The summed E-state index contributed by atoms with van der Waals surface area (Å²) < 4.78 is 39.3. The lowest BCUT2D eigenvalue weighted by molar-refractivity contribution is -0.134. The van der Waals surface area contributed by atoms with Crippen LogP contribution in [0.2, 0.25) is 0 Å². The van der Waals surface area contributed by atoms with E-state index in [0.717, 1.165) is 0 Å². The second kappa shape index (κ2) is 10.8. The van der Waals surface area contributed by atoms with Gasteiger partial charge in [0.25, 0.3) is 0 Å². The third-order valence-corrected chi connectivity index (χ3v) is 6.63. The van der Waals surface area contributed by atoms with Gasteiger partial charge < -0.3 is 15.1 Å². The molecule has 1 saturated heterocycles. The minimum absolute atomic E-state index is 0.0899. The van der Waals surface area contributed by atoms with Crippen molar-refractivity contribution in [3.63, 3.8) is 0 Å². The Bertz CT molecular complexity index is 797. The monoisotopic (exact) mass is 446 g/mol. The molecule has 3 amide bonds. The normalized spacial score (nSPS) is 15.8. The van der Waals surface area contributed by atoms with Gasteiger partial charge in [0, 0.05) is 31.9 Å². The number of piperazine rings is 1. The van der Waals surface area contributed by atoms with Gasteiger partial charge >= 0.3 is 6.03 Å². The number of sulfonamides is 1. The summed E-state index contributed by atoms with van der Waals surface area (Å²) in [5.74, 6) is -0.0877. The zero-order valence-electron chi connectivity index (χ0n) is 16.6. The summed E-state index contributed by atoms with van der Waals surface area (Å²) >= 11 is 1.54. The van der Waals surface area contributed by atoms with Crippen molar-refractivity contribution in [1.29, 1.82) is 0 Å². The van der Waals surface area contributed by atoms with Crippen LogP contribution in [0.25, 0.3) is 0 Å². The van der Waals surface area contributed by atoms with Crippen LogP contribution in [-0.4, -0.2) is 80.1 Å². The molecule has 8 nitrogen and oxygen atoms in total. The van der Waals surface area contributed by atoms with Crippen LogP contribution in [0.3, 0.4) is 0 Å². The number of hydrogen-bond donors (Lipinski definition) is 2. The maximum Gasteiger partial charge on any atom is 0.321 e. The molecule has 162 valence electrons. The van der Waals surface area contributed by atoms with Gasteiger partial charge in [-0.1, -0.05) is 0 Å². The van der Waals surface area contributed by atoms with Crippen molar-refractivity contribution in [2.24, 2.45) is 0 Å². The molecule has 0 radical (unpaired) electrons. The second-order valence-electron chi connectivity index (χ2n) is 6.60. The smallest absolute Gasteiger partial charge is 0.321 e. The third-order valence-electron chi connectivity index (χ3n) is 4.58. The lowest BCUT2D eigenvalue weighted by Crippen LogP contribution is -2.56. The minimum atomic E-state index is -3.50. The van der Waals surface area contributed by atoms with E-state index in [1.807, 2.05) is 6.26 Å². The average Bonchev–Trinajstić information content (AvgIpc) is 2.72. The van der Waals surface area contributed by atoms with Gasteiger partial charge in [-0.15, -0.1) is 0 Å². The Morgan fingerprint density at radius 1 is 1.14 bits per heavy atom. The molecular formula is C18H27FN4O4S2. The number of nitrogens with zero attached hydrogens (tertiary/aromatic N) is 2. The average molecular weight is 447 g/mol. The molecule has 0 bridgehead atoms. The Morgan fingerprint density at radius 3 is 2.28 bits per heavy atom. The fraction of sp³-hybridized carbons (Fsp3) is 0.556. The summed E-state index contributed by atoms with van der Waals surface area (Å²) in [6, 6.07) is 4.35. The van der Waals surface area contributed by atoms with Crippen LogP contribution >= 0.6 is 11.8 Å². The second-order valence-corrected chi connectivity index (χ2v) is 9.63. The number of urea groups is 1. The van der Waals surface area contributed by atoms with Gasteiger partial charge in [0.1, 0.15) is 11.9 Å². The molecule has 11 heteroatoms. The molecule has 1 heterocycles. The van der Waals surface area contributed by atoms with Crippen molar-refractivity contribution in [3.8, 4) is 0 Å². The van der Waals surface area contributed by atoms with Crippen molar-refractivity contribution in [2.75, 3.05) is 49.3 Å². The molecule has 1 aromatic carbocycles. The van der Waals surface area contributed by atoms with Crippen LogP contribution in [0.1, 0.15) is 13.3 Å². The topological polar surface area (TPSA) is 98.8 Å². The van der Waals surface area contributed by atoms with Crippen molar-refractivity contribution < 1.29 is 22.4 Å². The van der Waals surface area contributed by atoms with E-state index in [0.29, 0.717) is 44.0 Å². The van der Waals surface area contributed by atoms with Crippen molar-refractivity contribution in [2.45, 2.75) is 19.4 Å². The zero-order valence-corrected chi connectivity index (χ0v) is 18.2. The Hall–Kier alpha value is -1.85. The Morgan fingerprint density at radius 2 is 1.72 bits per heavy atom. The van der Waals surface area contributed by atoms with Gasteiger partial charge in [-0.05, 0) is 49.6 Å². The third kappa shape index (κ3) is 7.16. The highest BCUT2D eigenvalue weighted by atomic mass is 32.2. The van der Waals surface area contributed by atoms with Crippen LogP contribution in [-0.2, 0) is 14.8 Å². The van der Waals surface area contributed by atoms with E-state index in [-0.39, 0.29) is 23.5 Å². The number of amides is 3. The Balaban J connectivity index is 1.92. The summed E-state index contributed by atoms with van der Waals surface area (Å²) in [5.41, 5.74) is 0.487. The fourth-order valence-corrected chi connectivity index (χ4v) is 4.14. The molecule has 1 unspecified atom stereocenters. The van der Waals surface area contributed by atoms with Gasteiger partial charge in [0.05, 0.1) is 5.75 Å². The summed E-state index contributed by atoms with van der Waals surface area (Å²) in [5, 5.41) is 2.69. The highest BCUT2D eigenvalue weighted by Gasteiger charge is 2.30. The first-order valence-corrected chi connectivity index (χ1v) is 12.4. The largest absolute Gasteiger partial charge is 0.338 e. The molecule has 1 aliphatic rings. The van der Waals surface area contributed by atoms with Gasteiger partial charge in [0.15, 0.2) is 0 Å². The lowest BCUT2D eigenvalue weighted by atomic mass is 10.2. The number of carbonyl (C=O) groups is 2. The number of halogens is 1. The van der Waals surface area contributed by atoms with Gasteiger partial charge in [0.2, 0.25) is 15.9 Å². The first-order valence-electron chi connectivity index (χ1n) is 9.35. The summed E-state index contributed by atoms with van der Waals surface area (Å²) in [4.78, 5) is 28.3. The standard InChI is InChI=1S/C18H27FN4O4S2/c1-3-29(26,27)21-16(8-13-28-2)17(24)22-9-11-23(12-10-22)18(25)20-15-6-4-14(19)5-7-15/h4-7,16,21H,3,8-13H2,1-2H3,(H,20,25). The summed E-state index contributed by atoms with van der Waals surface area (Å²) in [6.07, 6.45) is 2.30.